The summed E-state index contributed by atoms with van der Waals surface area (Å²) in [7, 11) is -4.08. The van der Waals surface area contributed by atoms with E-state index >= 15 is 0 Å². The second kappa shape index (κ2) is 7.64. The molecule has 0 unspecified atom stereocenters. The van der Waals surface area contributed by atoms with Gasteiger partial charge in [-0.05, 0) is 32.9 Å². The van der Waals surface area contributed by atoms with E-state index in [-0.39, 0.29) is 4.90 Å². The highest BCUT2D eigenvalue weighted by atomic mass is 32.2. The van der Waals surface area contributed by atoms with Gasteiger partial charge in [0.2, 0.25) is 5.82 Å². The van der Waals surface area contributed by atoms with Gasteiger partial charge in [-0.1, -0.05) is 17.7 Å². The van der Waals surface area contributed by atoms with Crippen molar-refractivity contribution in [2.75, 3.05) is 6.61 Å². The second-order valence-corrected chi connectivity index (χ2v) is 9.44. The van der Waals surface area contributed by atoms with E-state index in [2.05, 4.69) is 0 Å². The molecule has 2 fully saturated rings. The van der Waals surface area contributed by atoms with Gasteiger partial charge in [0, 0.05) is 0 Å². The molecular formula is C19H21FN2O8S. The predicted octanol–water partition coefficient (Wildman–Crippen LogP) is 0.807. The summed E-state index contributed by atoms with van der Waals surface area (Å²) in [4.78, 5) is 25.4. The number of hydrogen-bond acceptors (Lipinski definition) is 8. The zero-order chi connectivity index (χ0) is 22.6. The van der Waals surface area contributed by atoms with Gasteiger partial charge < -0.3 is 14.2 Å². The lowest BCUT2D eigenvalue weighted by Crippen LogP contribution is -2.38. The van der Waals surface area contributed by atoms with Gasteiger partial charge in [0.05, 0.1) is 17.7 Å². The maximum Gasteiger partial charge on any atom is 0.330 e. The van der Waals surface area contributed by atoms with E-state index in [0.717, 1.165) is 10.1 Å². The number of fused-ring (bicyclic) bond motifs is 1. The van der Waals surface area contributed by atoms with Gasteiger partial charge in [-0.15, -0.1) is 0 Å². The van der Waals surface area contributed by atoms with Crippen LogP contribution in [0.4, 0.5) is 4.39 Å². The molecule has 4 rings (SSSR count). The Balaban J connectivity index is 1.59. The van der Waals surface area contributed by atoms with E-state index in [4.69, 9.17) is 18.4 Å². The van der Waals surface area contributed by atoms with E-state index in [1.54, 1.807) is 26.0 Å². The van der Waals surface area contributed by atoms with Crippen LogP contribution in [-0.4, -0.2) is 48.7 Å². The molecule has 31 heavy (non-hydrogen) atoms. The SMILES string of the molecule is Cc1ccc(S(=O)(=O)OC[C@H]2O[C@@H](n3cc(F)c(=O)[nH]c3=O)[C@@H]3OC(C)(C)O[C@@H]32)cc1. The molecule has 0 amide bonds. The number of rotatable bonds is 5. The van der Waals surface area contributed by atoms with Gasteiger partial charge in [0.1, 0.15) is 18.3 Å². The van der Waals surface area contributed by atoms with E-state index in [1.165, 1.54) is 12.1 Å². The van der Waals surface area contributed by atoms with Crippen molar-refractivity contribution in [2.24, 2.45) is 0 Å². The van der Waals surface area contributed by atoms with Crippen LogP contribution in [0.5, 0.6) is 0 Å². The fourth-order valence-electron chi connectivity index (χ4n) is 3.60. The Morgan fingerprint density at radius 3 is 2.48 bits per heavy atom. The minimum atomic E-state index is -4.08. The first kappa shape index (κ1) is 21.8. The molecule has 10 nitrogen and oxygen atoms in total. The van der Waals surface area contributed by atoms with Crippen LogP contribution >= 0.6 is 0 Å². The number of H-pyrrole nitrogens is 1. The molecule has 3 heterocycles. The number of aryl methyl sites for hydroxylation is 1. The smallest absolute Gasteiger partial charge is 0.330 e. The highest BCUT2D eigenvalue weighted by molar-refractivity contribution is 7.86. The number of nitrogens with one attached hydrogen (secondary N) is 1. The number of benzene rings is 1. The molecule has 168 valence electrons. The molecule has 0 aliphatic carbocycles. The Kier molecular flexibility index (Phi) is 5.38. The first-order chi connectivity index (χ1) is 14.5. The average Bonchev–Trinajstić information content (AvgIpc) is 3.16. The van der Waals surface area contributed by atoms with E-state index in [9.17, 15) is 22.4 Å². The van der Waals surface area contributed by atoms with Crippen LogP contribution in [0.3, 0.4) is 0 Å². The van der Waals surface area contributed by atoms with Crippen molar-refractivity contribution in [3.63, 3.8) is 0 Å². The average molecular weight is 456 g/mol. The predicted molar refractivity (Wildman–Crippen MR) is 103 cm³/mol. The molecule has 1 aromatic heterocycles. The Bertz CT molecular complexity index is 1200. The molecule has 1 aromatic carbocycles. The standard InChI is InChI=1S/C19H21FN2O8S/c1-10-4-6-11(7-5-10)31(25,26)27-9-13-14-15(30-19(2,3)29-14)17(28-13)22-8-12(20)16(23)21-18(22)24/h4-8,13-15,17H,9H2,1-3H3,(H,21,23,24)/t13-,14-,15-,17-/m1/s1. The summed E-state index contributed by atoms with van der Waals surface area (Å²) in [6, 6.07) is 6.13. The summed E-state index contributed by atoms with van der Waals surface area (Å²) >= 11 is 0. The molecule has 4 atom stereocenters. The lowest BCUT2D eigenvalue weighted by Gasteiger charge is -2.24. The third-order valence-corrected chi connectivity index (χ3v) is 6.32. The van der Waals surface area contributed by atoms with E-state index < -0.39 is 64.1 Å². The summed E-state index contributed by atoms with van der Waals surface area (Å²) in [5, 5.41) is 0. The summed E-state index contributed by atoms with van der Waals surface area (Å²) in [6.45, 7) is 4.68. The molecule has 12 heteroatoms. The fourth-order valence-corrected chi connectivity index (χ4v) is 4.52. The highest BCUT2D eigenvalue weighted by Gasteiger charge is 2.56. The Morgan fingerprint density at radius 1 is 1.16 bits per heavy atom. The highest BCUT2D eigenvalue weighted by Crippen LogP contribution is 2.42. The Labute approximate surface area is 176 Å². The third kappa shape index (κ3) is 4.21. The molecule has 2 aliphatic heterocycles. The van der Waals surface area contributed by atoms with Gasteiger partial charge in [-0.2, -0.15) is 12.8 Å². The number of aromatic nitrogens is 2. The molecular weight excluding hydrogens is 435 g/mol. The summed E-state index contributed by atoms with van der Waals surface area (Å²) in [5.41, 5.74) is -1.18. The molecule has 2 aromatic rings. The first-order valence-corrected chi connectivity index (χ1v) is 10.9. The maximum atomic E-state index is 13.8. The van der Waals surface area contributed by atoms with Gasteiger partial charge in [0.25, 0.3) is 15.7 Å². The number of nitrogens with zero attached hydrogens (tertiary/aromatic N) is 1. The van der Waals surface area contributed by atoms with Crippen LogP contribution in [0.25, 0.3) is 0 Å². The molecule has 2 saturated heterocycles. The third-order valence-electron chi connectivity index (χ3n) is 5.02. The van der Waals surface area contributed by atoms with Crippen molar-refractivity contribution < 1.29 is 31.2 Å². The molecule has 0 radical (unpaired) electrons. The minimum absolute atomic E-state index is 0.0213. The molecule has 0 saturated carbocycles. The second-order valence-electron chi connectivity index (χ2n) is 7.83. The molecule has 0 bridgehead atoms. The number of ether oxygens (including phenoxy) is 3. The summed E-state index contributed by atoms with van der Waals surface area (Å²) in [5.74, 6) is -2.24. The van der Waals surface area contributed by atoms with E-state index in [0.29, 0.717) is 6.20 Å². The van der Waals surface area contributed by atoms with Crippen molar-refractivity contribution in [3.05, 3.63) is 62.7 Å². The zero-order valence-corrected chi connectivity index (χ0v) is 17.7. The summed E-state index contributed by atoms with van der Waals surface area (Å²) in [6.07, 6.45) is -3.06. The van der Waals surface area contributed by atoms with Gasteiger partial charge >= 0.3 is 5.69 Å². The van der Waals surface area contributed by atoms with Crippen LogP contribution < -0.4 is 11.2 Å². The van der Waals surface area contributed by atoms with Crippen molar-refractivity contribution in [2.45, 2.75) is 56.0 Å². The Hall–Kier alpha value is -2.38. The van der Waals surface area contributed by atoms with Crippen molar-refractivity contribution in [1.82, 2.24) is 9.55 Å². The van der Waals surface area contributed by atoms with E-state index in [1.807, 2.05) is 11.9 Å². The lowest BCUT2D eigenvalue weighted by molar-refractivity contribution is -0.199. The van der Waals surface area contributed by atoms with Gasteiger partial charge in [-0.25, -0.2) is 4.79 Å². The number of aromatic amines is 1. The minimum Gasteiger partial charge on any atom is -0.346 e. The normalized spacial score (nSPS) is 27.4. The lowest BCUT2D eigenvalue weighted by atomic mass is 10.1. The zero-order valence-electron chi connectivity index (χ0n) is 16.9. The van der Waals surface area contributed by atoms with Crippen molar-refractivity contribution in [3.8, 4) is 0 Å². The van der Waals surface area contributed by atoms with Crippen LogP contribution in [0.1, 0.15) is 25.6 Å². The number of hydrogen-bond donors (Lipinski definition) is 1. The van der Waals surface area contributed by atoms with Crippen LogP contribution in [0.15, 0.2) is 44.9 Å². The first-order valence-electron chi connectivity index (χ1n) is 9.45. The van der Waals surface area contributed by atoms with Crippen molar-refractivity contribution >= 4 is 10.1 Å². The summed E-state index contributed by atoms with van der Waals surface area (Å²) < 4.78 is 62.2. The van der Waals surface area contributed by atoms with Gasteiger partial charge in [0.15, 0.2) is 12.0 Å². The Morgan fingerprint density at radius 2 is 1.81 bits per heavy atom. The van der Waals surface area contributed by atoms with Gasteiger partial charge in [-0.3, -0.25) is 18.5 Å². The van der Waals surface area contributed by atoms with Crippen LogP contribution in [-0.2, 0) is 28.5 Å². The topological polar surface area (TPSA) is 126 Å². The monoisotopic (exact) mass is 456 g/mol. The molecule has 2 aliphatic rings. The largest absolute Gasteiger partial charge is 0.346 e. The molecule has 1 N–H and O–H groups in total. The molecule has 0 spiro atoms. The fraction of sp³-hybridized carbons (Fsp3) is 0.474. The quantitative estimate of drug-likeness (QED) is 0.655. The maximum absolute atomic E-state index is 13.8. The van der Waals surface area contributed by atoms with Crippen LogP contribution in [0.2, 0.25) is 0 Å². The number of halogens is 1. The van der Waals surface area contributed by atoms with Crippen molar-refractivity contribution in [1.29, 1.82) is 0 Å². The van der Waals surface area contributed by atoms with Crippen LogP contribution in [0, 0.1) is 12.7 Å².